The van der Waals surface area contributed by atoms with Crippen LogP contribution in [0.5, 0.6) is 11.5 Å². The van der Waals surface area contributed by atoms with Gasteiger partial charge in [-0.3, -0.25) is 4.79 Å². The van der Waals surface area contributed by atoms with Crippen LogP contribution in [0.25, 0.3) is 10.8 Å². The molecule has 1 heterocycles. The van der Waals surface area contributed by atoms with Gasteiger partial charge in [0.1, 0.15) is 11.5 Å². The maximum atomic E-state index is 13.0. The Morgan fingerprint density at radius 1 is 1.03 bits per heavy atom. The number of sulfonamides is 1. The second kappa shape index (κ2) is 8.80. The maximum Gasteiger partial charge on any atom is 0.255 e. The van der Waals surface area contributed by atoms with Crippen LogP contribution in [0.2, 0.25) is 0 Å². The van der Waals surface area contributed by atoms with Crippen LogP contribution < -0.4 is 5.32 Å². The number of benzene rings is 3. The number of nitrogens with one attached hydrogen (secondary N) is 1. The summed E-state index contributed by atoms with van der Waals surface area (Å²) < 4.78 is 27.5. The van der Waals surface area contributed by atoms with Crippen molar-refractivity contribution in [1.82, 2.24) is 9.62 Å². The van der Waals surface area contributed by atoms with Crippen LogP contribution in [0.3, 0.4) is 0 Å². The molecule has 0 atom stereocenters. The first-order valence-corrected chi connectivity index (χ1v) is 12.0. The summed E-state index contributed by atoms with van der Waals surface area (Å²) in [7, 11) is -3.58. The van der Waals surface area contributed by atoms with Crippen molar-refractivity contribution in [3.63, 3.8) is 0 Å². The van der Waals surface area contributed by atoms with Crippen LogP contribution in [-0.4, -0.2) is 41.9 Å². The lowest BCUT2D eigenvalue weighted by Gasteiger charge is -2.29. The fourth-order valence-electron chi connectivity index (χ4n) is 3.92. The minimum Gasteiger partial charge on any atom is -0.508 e. The van der Waals surface area contributed by atoms with Crippen molar-refractivity contribution in [3.8, 4) is 11.5 Å². The van der Waals surface area contributed by atoms with E-state index >= 15 is 0 Å². The molecule has 1 aliphatic heterocycles. The Hall–Kier alpha value is -3.10. The van der Waals surface area contributed by atoms with E-state index in [-0.39, 0.29) is 28.5 Å². The average Bonchev–Trinajstić information content (AvgIpc) is 2.78. The first-order chi connectivity index (χ1) is 15.2. The number of nitrogens with zero attached hydrogens (tertiary/aromatic N) is 1. The van der Waals surface area contributed by atoms with E-state index in [4.69, 9.17) is 0 Å². The third kappa shape index (κ3) is 4.56. The summed E-state index contributed by atoms with van der Waals surface area (Å²) in [6.45, 7) is 3.27. The van der Waals surface area contributed by atoms with Crippen molar-refractivity contribution in [2.24, 2.45) is 5.92 Å². The van der Waals surface area contributed by atoms with Crippen LogP contribution in [0.15, 0.2) is 59.5 Å². The Kier molecular flexibility index (Phi) is 6.08. The molecule has 3 N–H and O–H groups in total. The number of hydrogen-bond donors (Lipinski definition) is 3. The van der Waals surface area contributed by atoms with Crippen molar-refractivity contribution >= 4 is 26.7 Å². The van der Waals surface area contributed by atoms with Gasteiger partial charge in [0.15, 0.2) is 0 Å². The molecular formula is C24H26N2O5S. The molecule has 1 amide bonds. The molecule has 168 valence electrons. The molecular weight excluding hydrogens is 428 g/mol. The standard InChI is InChI=1S/C24H26N2O5S/c1-16-7-9-26(10-8-16)32(30,31)21-4-2-3-17(11-21)15-25-24(29)22-13-19-12-20(27)6-5-18(19)14-23(22)28/h2-6,11-14,16,27-28H,7-10,15H2,1H3,(H,25,29). The van der Waals surface area contributed by atoms with Crippen molar-refractivity contribution in [1.29, 1.82) is 0 Å². The van der Waals surface area contributed by atoms with Crippen LogP contribution in [0.1, 0.15) is 35.7 Å². The zero-order chi connectivity index (χ0) is 22.9. The Morgan fingerprint density at radius 3 is 2.53 bits per heavy atom. The largest absolute Gasteiger partial charge is 0.508 e. The SMILES string of the molecule is CC1CCN(S(=O)(=O)c2cccc(CNC(=O)c3cc4cc(O)ccc4cc3O)c2)CC1. The van der Waals surface area contributed by atoms with Gasteiger partial charge in [0, 0.05) is 19.6 Å². The molecule has 1 aliphatic rings. The lowest BCUT2D eigenvalue weighted by Crippen LogP contribution is -2.37. The molecule has 0 unspecified atom stereocenters. The van der Waals surface area contributed by atoms with Gasteiger partial charge in [-0.25, -0.2) is 8.42 Å². The molecule has 32 heavy (non-hydrogen) atoms. The van der Waals surface area contributed by atoms with Crippen LogP contribution in [-0.2, 0) is 16.6 Å². The molecule has 8 heteroatoms. The third-order valence-electron chi connectivity index (χ3n) is 5.91. The zero-order valence-electron chi connectivity index (χ0n) is 17.8. The quantitative estimate of drug-likeness (QED) is 0.546. The summed E-state index contributed by atoms with van der Waals surface area (Å²) in [5.74, 6) is -0.0726. The van der Waals surface area contributed by atoms with E-state index in [1.54, 1.807) is 30.3 Å². The summed E-state index contributed by atoms with van der Waals surface area (Å²) in [5.41, 5.74) is 0.719. The van der Waals surface area contributed by atoms with Crippen LogP contribution in [0.4, 0.5) is 0 Å². The van der Waals surface area contributed by atoms with Crippen molar-refractivity contribution in [2.75, 3.05) is 13.1 Å². The van der Waals surface area contributed by atoms with Gasteiger partial charge in [-0.1, -0.05) is 25.1 Å². The monoisotopic (exact) mass is 454 g/mol. The van der Waals surface area contributed by atoms with E-state index < -0.39 is 15.9 Å². The minimum atomic E-state index is -3.58. The molecule has 0 aromatic heterocycles. The third-order valence-corrected chi connectivity index (χ3v) is 7.81. The van der Waals surface area contributed by atoms with Gasteiger partial charge in [-0.05, 0) is 71.5 Å². The second-order valence-corrected chi connectivity index (χ2v) is 10.3. The highest BCUT2D eigenvalue weighted by atomic mass is 32.2. The molecule has 1 saturated heterocycles. The summed E-state index contributed by atoms with van der Waals surface area (Å²) in [6.07, 6.45) is 1.70. The number of aromatic hydroxyl groups is 2. The van der Waals surface area contributed by atoms with Gasteiger partial charge < -0.3 is 15.5 Å². The number of phenolic OH excluding ortho intramolecular Hbond substituents is 2. The first kappa shape index (κ1) is 22.1. The Bertz CT molecular complexity index is 1260. The van der Waals surface area contributed by atoms with Crippen LogP contribution in [0, 0.1) is 5.92 Å². The van der Waals surface area contributed by atoms with Crippen molar-refractivity contribution in [3.05, 3.63) is 65.7 Å². The number of fused-ring (bicyclic) bond motifs is 1. The lowest BCUT2D eigenvalue weighted by atomic mass is 10.0. The van der Waals surface area contributed by atoms with E-state index in [0.717, 1.165) is 12.8 Å². The molecule has 3 aromatic carbocycles. The molecule has 3 aromatic rings. The smallest absolute Gasteiger partial charge is 0.255 e. The predicted octanol–water partition coefficient (Wildman–Crippen LogP) is 3.60. The molecule has 0 bridgehead atoms. The number of hydrogen-bond acceptors (Lipinski definition) is 5. The highest BCUT2D eigenvalue weighted by Gasteiger charge is 2.28. The van der Waals surface area contributed by atoms with Crippen molar-refractivity contribution < 1.29 is 23.4 Å². The number of carbonyl (C=O) groups is 1. The maximum absolute atomic E-state index is 13.0. The number of amides is 1. The molecule has 0 radical (unpaired) electrons. The Balaban J connectivity index is 1.49. The molecule has 4 rings (SSSR count). The zero-order valence-corrected chi connectivity index (χ0v) is 18.6. The molecule has 0 spiro atoms. The molecule has 0 saturated carbocycles. The fourth-order valence-corrected chi connectivity index (χ4v) is 5.46. The van der Waals surface area contributed by atoms with Crippen LogP contribution >= 0.6 is 0 Å². The minimum absolute atomic E-state index is 0.0655. The van der Waals surface area contributed by atoms with Gasteiger partial charge >= 0.3 is 0 Å². The second-order valence-electron chi connectivity index (χ2n) is 8.32. The molecule has 1 fully saturated rings. The summed E-state index contributed by atoms with van der Waals surface area (Å²) in [4.78, 5) is 12.9. The first-order valence-electron chi connectivity index (χ1n) is 10.6. The Morgan fingerprint density at radius 2 is 1.78 bits per heavy atom. The van der Waals surface area contributed by atoms with E-state index in [1.165, 1.54) is 28.6 Å². The van der Waals surface area contributed by atoms with Crippen molar-refractivity contribution in [2.45, 2.75) is 31.2 Å². The van der Waals surface area contributed by atoms with Gasteiger partial charge in [0.25, 0.3) is 5.91 Å². The van der Waals surface area contributed by atoms with E-state index in [1.807, 2.05) is 0 Å². The topological polar surface area (TPSA) is 107 Å². The van der Waals surface area contributed by atoms with E-state index in [0.29, 0.717) is 35.3 Å². The van der Waals surface area contributed by atoms with Gasteiger partial charge in [0.2, 0.25) is 10.0 Å². The average molecular weight is 455 g/mol. The normalized spacial score (nSPS) is 15.7. The molecule has 0 aliphatic carbocycles. The number of carbonyl (C=O) groups excluding carboxylic acids is 1. The van der Waals surface area contributed by atoms with E-state index in [2.05, 4.69) is 12.2 Å². The summed E-state index contributed by atoms with van der Waals surface area (Å²) in [6, 6.07) is 14.2. The highest BCUT2D eigenvalue weighted by Crippen LogP contribution is 2.28. The fraction of sp³-hybridized carbons (Fsp3) is 0.292. The van der Waals surface area contributed by atoms with E-state index in [9.17, 15) is 23.4 Å². The summed E-state index contributed by atoms with van der Waals surface area (Å²) >= 11 is 0. The predicted molar refractivity (Wildman–Crippen MR) is 122 cm³/mol. The lowest BCUT2D eigenvalue weighted by molar-refractivity contribution is 0.0948. The highest BCUT2D eigenvalue weighted by molar-refractivity contribution is 7.89. The van der Waals surface area contributed by atoms with Gasteiger partial charge in [-0.15, -0.1) is 0 Å². The number of phenols is 2. The van der Waals surface area contributed by atoms with Gasteiger partial charge in [0.05, 0.1) is 10.5 Å². The number of piperidine rings is 1. The number of rotatable bonds is 5. The molecule has 7 nitrogen and oxygen atoms in total. The van der Waals surface area contributed by atoms with Gasteiger partial charge in [-0.2, -0.15) is 4.31 Å². The summed E-state index contributed by atoms with van der Waals surface area (Å²) in [5, 5.41) is 24.0. The Labute approximate surface area is 187 Å².